The van der Waals surface area contributed by atoms with Gasteiger partial charge in [0, 0.05) is 14.2 Å². The van der Waals surface area contributed by atoms with Gasteiger partial charge in [0.1, 0.15) is 6.04 Å². The standard InChI is InChI=1S/C13H17NO4/c1-9(13(16)17)14(2)12(15)11(18-3)10-7-5-4-6-8-10/h4-9,11H,1-3H3,(H,16,17)/t9?,11-/m1/s1. The average Bonchev–Trinajstić information content (AvgIpc) is 2.38. The van der Waals surface area contributed by atoms with Crippen molar-refractivity contribution in [1.29, 1.82) is 0 Å². The molecule has 5 heteroatoms. The predicted octanol–water partition coefficient (Wildman–Crippen LogP) is 1.31. The zero-order valence-corrected chi connectivity index (χ0v) is 10.7. The van der Waals surface area contributed by atoms with Crippen LogP contribution in [0.5, 0.6) is 0 Å². The fraction of sp³-hybridized carbons (Fsp3) is 0.385. The molecule has 0 bridgehead atoms. The maximum Gasteiger partial charge on any atom is 0.326 e. The normalized spacial score (nSPS) is 13.7. The number of likely N-dealkylation sites (N-methyl/N-ethyl adjacent to an activating group) is 1. The third-order valence-electron chi connectivity index (χ3n) is 2.85. The Kier molecular flexibility index (Phi) is 4.85. The van der Waals surface area contributed by atoms with E-state index in [0.717, 1.165) is 0 Å². The molecule has 0 radical (unpaired) electrons. The van der Waals surface area contributed by atoms with Gasteiger partial charge < -0.3 is 14.7 Å². The fourth-order valence-electron chi connectivity index (χ4n) is 1.55. The number of methoxy groups -OCH3 is 1. The Morgan fingerprint density at radius 1 is 1.28 bits per heavy atom. The van der Waals surface area contributed by atoms with E-state index in [1.165, 1.54) is 26.0 Å². The van der Waals surface area contributed by atoms with E-state index in [9.17, 15) is 9.59 Å². The maximum absolute atomic E-state index is 12.2. The second-order valence-electron chi connectivity index (χ2n) is 3.99. The summed E-state index contributed by atoms with van der Waals surface area (Å²) in [7, 11) is 2.88. The summed E-state index contributed by atoms with van der Waals surface area (Å²) in [5, 5.41) is 8.89. The molecule has 0 aromatic heterocycles. The number of nitrogens with zero attached hydrogens (tertiary/aromatic N) is 1. The Labute approximate surface area is 106 Å². The monoisotopic (exact) mass is 251 g/mol. The lowest BCUT2D eigenvalue weighted by Crippen LogP contribution is -2.43. The molecule has 0 fully saturated rings. The number of hydrogen-bond acceptors (Lipinski definition) is 3. The highest BCUT2D eigenvalue weighted by atomic mass is 16.5. The molecule has 1 N–H and O–H groups in total. The molecule has 0 saturated heterocycles. The number of carboxylic acids is 1. The van der Waals surface area contributed by atoms with Crippen LogP contribution in [0.25, 0.3) is 0 Å². The molecule has 0 saturated carbocycles. The van der Waals surface area contributed by atoms with Gasteiger partial charge in [-0.05, 0) is 12.5 Å². The first-order valence-electron chi connectivity index (χ1n) is 5.56. The van der Waals surface area contributed by atoms with Crippen LogP contribution in [0.1, 0.15) is 18.6 Å². The van der Waals surface area contributed by atoms with Crippen molar-refractivity contribution < 1.29 is 19.4 Å². The van der Waals surface area contributed by atoms with Gasteiger partial charge >= 0.3 is 5.97 Å². The van der Waals surface area contributed by atoms with Crippen LogP contribution in [0.3, 0.4) is 0 Å². The fourth-order valence-corrected chi connectivity index (χ4v) is 1.55. The van der Waals surface area contributed by atoms with Gasteiger partial charge in [-0.15, -0.1) is 0 Å². The van der Waals surface area contributed by atoms with Gasteiger partial charge in [-0.3, -0.25) is 4.79 Å². The number of benzene rings is 1. The predicted molar refractivity (Wildman–Crippen MR) is 66.1 cm³/mol. The highest BCUT2D eigenvalue weighted by Gasteiger charge is 2.29. The van der Waals surface area contributed by atoms with E-state index in [1.807, 2.05) is 6.07 Å². The van der Waals surface area contributed by atoms with Crippen molar-refractivity contribution in [3.05, 3.63) is 35.9 Å². The van der Waals surface area contributed by atoms with Gasteiger partial charge in [0.2, 0.25) is 0 Å². The molecule has 0 heterocycles. The summed E-state index contributed by atoms with van der Waals surface area (Å²) in [6.45, 7) is 1.46. The van der Waals surface area contributed by atoms with Crippen LogP contribution >= 0.6 is 0 Å². The van der Waals surface area contributed by atoms with E-state index < -0.39 is 18.1 Å². The number of aliphatic carboxylic acids is 1. The number of carboxylic acid groups (broad SMARTS) is 1. The summed E-state index contributed by atoms with van der Waals surface area (Å²) in [6.07, 6.45) is -0.780. The molecule has 1 aromatic rings. The van der Waals surface area contributed by atoms with Crippen LogP contribution < -0.4 is 0 Å². The highest BCUT2D eigenvalue weighted by Crippen LogP contribution is 2.19. The van der Waals surface area contributed by atoms with Gasteiger partial charge in [-0.1, -0.05) is 30.3 Å². The van der Waals surface area contributed by atoms with E-state index in [2.05, 4.69) is 0 Å². The number of rotatable bonds is 5. The van der Waals surface area contributed by atoms with Crippen molar-refractivity contribution in [2.24, 2.45) is 0 Å². The SMILES string of the molecule is CO[C@@H](C(=O)N(C)C(C)C(=O)O)c1ccccc1. The molecule has 1 unspecified atom stereocenters. The molecular weight excluding hydrogens is 234 g/mol. The zero-order chi connectivity index (χ0) is 13.7. The second kappa shape index (κ2) is 6.16. The summed E-state index contributed by atoms with van der Waals surface area (Å²) in [6, 6.07) is 8.09. The van der Waals surface area contributed by atoms with E-state index in [1.54, 1.807) is 24.3 Å². The van der Waals surface area contributed by atoms with Crippen molar-refractivity contribution in [3.8, 4) is 0 Å². The average molecular weight is 251 g/mol. The first-order valence-corrected chi connectivity index (χ1v) is 5.56. The van der Waals surface area contributed by atoms with Crippen molar-refractivity contribution >= 4 is 11.9 Å². The van der Waals surface area contributed by atoms with Crippen LogP contribution in [0.2, 0.25) is 0 Å². The number of hydrogen-bond donors (Lipinski definition) is 1. The summed E-state index contributed by atoms with van der Waals surface area (Å²) in [4.78, 5) is 24.2. The molecular formula is C13H17NO4. The quantitative estimate of drug-likeness (QED) is 0.856. The summed E-state index contributed by atoms with van der Waals surface area (Å²) < 4.78 is 5.17. The lowest BCUT2D eigenvalue weighted by molar-refractivity contribution is -0.153. The third-order valence-corrected chi connectivity index (χ3v) is 2.85. The van der Waals surface area contributed by atoms with Gasteiger partial charge in [-0.2, -0.15) is 0 Å². The Morgan fingerprint density at radius 3 is 2.28 bits per heavy atom. The Hall–Kier alpha value is -1.88. The van der Waals surface area contributed by atoms with Crippen molar-refractivity contribution in [2.75, 3.05) is 14.2 Å². The van der Waals surface area contributed by atoms with Crippen molar-refractivity contribution in [1.82, 2.24) is 4.90 Å². The van der Waals surface area contributed by atoms with Crippen LogP contribution in [0.4, 0.5) is 0 Å². The summed E-state index contributed by atoms with van der Waals surface area (Å²) >= 11 is 0. The second-order valence-corrected chi connectivity index (χ2v) is 3.99. The molecule has 1 rings (SSSR count). The number of carbonyl (C=O) groups is 2. The first-order chi connectivity index (χ1) is 8.49. The molecule has 0 aliphatic rings. The van der Waals surface area contributed by atoms with Gasteiger partial charge in [0.15, 0.2) is 6.10 Å². The molecule has 0 spiro atoms. The smallest absolute Gasteiger partial charge is 0.326 e. The minimum Gasteiger partial charge on any atom is -0.480 e. The Balaban J connectivity index is 2.90. The van der Waals surface area contributed by atoms with Crippen molar-refractivity contribution in [3.63, 3.8) is 0 Å². The number of ether oxygens (including phenoxy) is 1. The molecule has 0 aliphatic heterocycles. The van der Waals surface area contributed by atoms with E-state index in [4.69, 9.17) is 9.84 Å². The number of carbonyl (C=O) groups excluding carboxylic acids is 1. The Morgan fingerprint density at radius 2 is 1.83 bits per heavy atom. The Bertz CT molecular complexity index is 418. The molecule has 5 nitrogen and oxygen atoms in total. The molecule has 98 valence electrons. The van der Waals surface area contributed by atoms with Crippen LogP contribution in [-0.4, -0.2) is 42.1 Å². The van der Waals surface area contributed by atoms with Gasteiger partial charge in [0.05, 0.1) is 0 Å². The largest absolute Gasteiger partial charge is 0.480 e. The summed E-state index contributed by atoms with van der Waals surface area (Å²) in [5.74, 6) is -1.42. The highest BCUT2D eigenvalue weighted by molar-refractivity contribution is 5.86. The topological polar surface area (TPSA) is 66.8 Å². The van der Waals surface area contributed by atoms with Crippen LogP contribution in [0, 0.1) is 0 Å². The minimum absolute atomic E-state index is 0.376. The molecule has 2 atom stereocenters. The zero-order valence-electron chi connectivity index (χ0n) is 10.7. The maximum atomic E-state index is 12.2. The third kappa shape index (κ3) is 3.07. The first kappa shape index (κ1) is 14.2. The van der Waals surface area contributed by atoms with E-state index in [0.29, 0.717) is 5.56 Å². The molecule has 1 amide bonds. The molecule has 18 heavy (non-hydrogen) atoms. The number of amides is 1. The summed E-state index contributed by atoms with van der Waals surface area (Å²) in [5.41, 5.74) is 0.703. The lowest BCUT2D eigenvalue weighted by Gasteiger charge is -2.26. The van der Waals surface area contributed by atoms with Gasteiger partial charge in [-0.25, -0.2) is 4.79 Å². The molecule has 0 aliphatic carbocycles. The van der Waals surface area contributed by atoms with E-state index >= 15 is 0 Å². The van der Waals surface area contributed by atoms with E-state index in [-0.39, 0.29) is 5.91 Å². The van der Waals surface area contributed by atoms with Crippen molar-refractivity contribution in [2.45, 2.75) is 19.1 Å². The lowest BCUT2D eigenvalue weighted by atomic mass is 10.1. The van der Waals surface area contributed by atoms with Crippen LogP contribution in [0.15, 0.2) is 30.3 Å². The molecule has 1 aromatic carbocycles. The minimum atomic E-state index is -1.05. The van der Waals surface area contributed by atoms with Crippen LogP contribution in [-0.2, 0) is 14.3 Å². The van der Waals surface area contributed by atoms with Gasteiger partial charge in [0.25, 0.3) is 5.91 Å².